The molecule has 0 radical (unpaired) electrons. The van der Waals surface area contributed by atoms with Gasteiger partial charge in [0.1, 0.15) is 0 Å². The molecule has 2 rings (SSSR count). The van der Waals surface area contributed by atoms with Gasteiger partial charge in [-0.2, -0.15) is 0 Å². The first-order chi connectivity index (χ1) is 13.2. The second-order valence-electron chi connectivity index (χ2n) is 7.18. The van der Waals surface area contributed by atoms with Crippen LogP contribution in [0.3, 0.4) is 0 Å². The average Bonchev–Trinajstić information content (AvgIpc) is 2.72. The molecule has 5 heteroatoms. The highest BCUT2D eigenvalue weighted by atomic mass is 16.7. The van der Waals surface area contributed by atoms with Crippen molar-refractivity contribution in [2.24, 2.45) is 5.92 Å². The Hall–Kier alpha value is -1.59. The minimum absolute atomic E-state index is 0.0769. The summed E-state index contributed by atoms with van der Waals surface area (Å²) in [5.41, 5.74) is 1.74. The van der Waals surface area contributed by atoms with Crippen LogP contribution in [0.5, 0.6) is 0 Å². The van der Waals surface area contributed by atoms with Gasteiger partial charge in [0, 0.05) is 37.9 Å². The maximum absolute atomic E-state index is 11.6. The van der Waals surface area contributed by atoms with Gasteiger partial charge in [-0.25, -0.2) is 4.79 Å². The van der Waals surface area contributed by atoms with Crippen molar-refractivity contribution in [3.63, 3.8) is 0 Å². The average molecular weight is 378 g/mol. The van der Waals surface area contributed by atoms with Gasteiger partial charge in [0.2, 0.25) is 0 Å². The van der Waals surface area contributed by atoms with Gasteiger partial charge >= 0.3 is 5.97 Å². The molecule has 0 spiro atoms. The number of carbonyl (C=O) groups excluding carboxylic acids is 1. The zero-order valence-electron chi connectivity index (χ0n) is 17.1. The molecule has 1 saturated heterocycles. The number of methoxy groups -OCH3 is 1. The van der Waals surface area contributed by atoms with E-state index in [0.29, 0.717) is 11.5 Å². The number of ether oxygens (including phenoxy) is 3. The third-order valence-corrected chi connectivity index (χ3v) is 5.14. The molecule has 1 aliphatic rings. The molecule has 1 aromatic carbocycles. The third-order valence-electron chi connectivity index (χ3n) is 5.14. The number of anilines is 1. The first-order valence-electron chi connectivity index (χ1n) is 10.4. The number of carbonyl (C=O) groups is 1. The van der Waals surface area contributed by atoms with Crippen molar-refractivity contribution >= 4 is 11.7 Å². The Morgan fingerprint density at radius 1 is 1.04 bits per heavy atom. The van der Waals surface area contributed by atoms with Crippen molar-refractivity contribution in [1.29, 1.82) is 0 Å². The largest absolute Gasteiger partial charge is 0.465 e. The van der Waals surface area contributed by atoms with Crippen LogP contribution in [0.2, 0.25) is 0 Å². The van der Waals surface area contributed by atoms with Gasteiger partial charge in [0.05, 0.1) is 12.7 Å². The molecule has 0 aliphatic carbocycles. The predicted molar refractivity (Wildman–Crippen MR) is 108 cm³/mol. The summed E-state index contributed by atoms with van der Waals surface area (Å²) in [4.78, 5) is 13.9. The molecule has 5 nitrogen and oxygen atoms in total. The van der Waals surface area contributed by atoms with E-state index in [1.165, 1.54) is 7.11 Å². The molecule has 0 aromatic heterocycles. The lowest BCUT2D eigenvalue weighted by atomic mass is 9.95. The molecule has 0 amide bonds. The van der Waals surface area contributed by atoms with Crippen LogP contribution in [-0.2, 0) is 14.2 Å². The quantitative estimate of drug-likeness (QED) is 0.319. The van der Waals surface area contributed by atoms with E-state index in [-0.39, 0.29) is 12.3 Å². The molecule has 27 heavy (non-hydrogen) atoms. The van der Waals surface area contributed by atoms with Crippen LogP contribution in [0.25, 0.3) is 0 Å². The molecule has 1 aromatic rings. The smallest absolute Gasteiger partial charge is 0.337 e. The van der Waals surface area contributed by atoms with E-state index in [4.69, 9.17) is 14.2 Å². The van der Waals surface area contributed by atoms with Gasteiger partial charge in [-0.1, -0.05) is 26.7 Å². The van der Waals surface area contributed by atoms with Crippen LogP contribution >= 0.6 is 0 Å². The van der Waals surface area contributed by atoms with Crippen LogP contribution < -0.4 is 4.90 Å². The number of benzene rings is 1. The number of hydrogen-bond donors (Lipinski definition) is 0. The summed E-state index contributed by atoms with van der Waals surface area (Å²) in [6.45, 7) is 7.88. The number of piperidine rings is 1. The SMILES string of the molecule is CCCCOC(OCCCC)C1CCN(c2ccc(C(=O)OC)cc2)CC1. The summed E-state index contributed by atoms with van der Waals surface area (Å²) in [7, 11) is 1.41. The lowest BCUT2D eigenvalue weighted by Crippen LogP contribution is -2.40. The van der Waals surface area contributed by atoms with Crippen molar-refractivity contribution < 1.29 is 19.0 Å². The number of rotatable bonds is 11. The first kappa shape index (κ1) is 21.7. The van der Waals surface area contributed by atoms with Crippen LogP contribution in [0.1, 0.15) is 62.7 Å². The number of hydrogen-bond acceptors (Lipinski definition) is 5. The molecular formula is C22H35NO4. The molecule has 0 N–H and O–H groups in total. The molecule has 1 fully saturated rings. The maximum Gasteiger partial charge on any atom is 0.337 e. The van der Waals surface area contributed by atoms with Crippen molar-refractivity contribution in [3.05, 3.63) is 29.8 Å². The summed E-state index contributed by atoms with van der Waals surface area (Å²) in [6, 6.07) is 7.66. The Kier molecular flexibility index (Phi) is 9.64. The van der Waals surface area contributed by atoms with Crippen molar-refractivity contribution in [1.82, 2.24) is 0 Å². The Balaban J connectivity index is 1.87. The summed E-state index contributed by atoms with van der Waals surface area (Å²) < 4.78 is 16.9. The van der Waals surface area contributed by atoms with Gasteiger partial charge < -0.3 is 19.1 Å². The van der Waals surface area contributed by atoms with Crippen LogP contribution in [0.4, 0.5) is 5.69 Å². The molecular weight excluding hydrogens is 342 g/mol. The highest BCUT2D eigenvalue weighted by Crippen LogP contribution is 2.28. The fourth-order valence-corrected chi connectivity index (χ4v) is 3.36. The van der Waals surface area contributed by atoms with Gasteiger partial charge in [-0.15, -0.1) is 0 Å². The van der Waals surface area contributed by atoms with Crippen molar-refractivity contribution in [2.45, 2.75) is 58.7 Å². The zero-order valence-corrected chi connectivity index (χ0v) is 17.1. The summed E-state index contributed by atoms with van der Waals surface area (Å²) in [6.07, 6.45) is 6.48. The van der Waals surface area contributed by atoms with E-state index in [9.17, 15) is 4.79 Å². The molecule has 0 unspecified atom stereocenters. The van der Waals surface area contributed by atoms with Gasteiger partial charge in [0.25, 0.3) is 0 Å². The van der Waals surface area contributed by atoms with E-state index in [0.717, 1.165) is 70.5 Å². The van der Waals surface area contributed by atoms with Gasteiger partial charge in [-0.05, 0) is 49.9 Å². The van der Waals surface area contributed by atoms with Crippen molar-refractivity contribution in [2.75, 3.05) is 38.3 Å². The minimum atomic E-state index is -0.295. The lowest BCUT2D eigenvalue weighted by molar-refractivity contribution is -0.177. The normalized spacial score (nSPS) is 15.3. The van der Waals surface area contributed by atoms with Crippen molar-refractivity contribution in [3.8, 4) is 0 Å². The fraction of sp³-hybridized carbons (Fsp3) is 0.682. The minimum Gasteiger partial charge on any atom is -0.465 e. The van der Waals surface area contributed by atoms with E-state index in [2.05, 4.69) is 18.7 Å². The standard InChI is InChI=1S/C22H35NO4/c1-4-6-16-26-22(27-17-7-5-2)19-12-14-23(15-13-19)20-10-8-18(9-11-20)21(24)25-3/h8-11,19,22H,4-7,12-17H2,1-3H3. The predicted octanol–water partition coefficient (Wildman–Crippen LogP) is 4.65. The Morgan fingerprint density at radius 3 is 2.07 bits per heavy atom. The Bertz CT molecular complexity index is 528. The monoisotopic (exact) mass is 377 g/mol. The molecule has 152 valence electrons. The number of unbranched alkanes of at least 4 members (excludes halogenated alkanes) is 2. The topological polar surface area (TPSA) is 48.0 Å². The molecule has 0 atom stereocenters. The van der Waals surface area contributed by atoms with E-state index >= 15 is 0 Å². The third kappa shape index (κ3) is 6.82. The molecule has 1 heterocycles. The van der Waals surface area contributed by atoms with Gasteiger partial charge in [0.15, 0.2) is 6.29 Å². The first-order valence-corrected chi connectivity index (χ1v) is 10.4. The molecule has 0 saturated carbocycles. The number of esters is 1. The highest BCUT2D eigenvalue weighted by Gasteiger charge is 2.28. The summed E-state index contributed by atoms with van der Waals surface area (Å²) in [5, 5.41) is 0. The maximum atomic E-state index is 11.6. The van der Waals surface area contributed by atoms with E-state index < -0.39 is 0 Å². The summed E-state index contributed by atoms with van der Waals surface area (Å²) in [5.74, 6) is 0.154. The summed E-state index contributed by atoms with van der Waals surface area (Å²) >= 11 is 0. The second kappa shape index (κ2) is 12.0. The van der Waals surface area contributed by atoms with E-state index in [1.807, 2.05) is 24.3 Å². The van der Waals surface area contributed by atoms with Gasteiger partial charge in [-0.3, -0.25) is 0 Å². The Labute approximate surface area is 164 Å². The lowest BCUT2D eigenvalue weighted by Gasteiger charge is -2.37. The number of nitrogens with zero attached hydrogens (tertiary/aromatic N) is 1. The van der Waals surface area contributed by atoms with Crippen LogP contribution in [-0.4, -0.2) is 45.7 Å². The Morgan fingerprint density at radius 2 is 1.59 bits per heavy atom. The second-order valence-corrected chi connectivity index (χ2v) is 7.18. The fourth-order valence-electron chi connectivity index (χ4n) is 3.36. The highest BCUT2D eigenvalue weighted by molar-refractivity contribution is 5.89. The molecule has 1 aliphatic heterocycles. The van der Waals surface area contributed by atoms with Crippen LogP contribution in [0, 0.1) is 5.92 Å². The zero-order chi connectivity index (χ0) is 19.5. The molecule has 0 bridgehead atoms. The van der Waals surface area contributed by atoms with Crippen LogP contribution in [0.15, 0.2) is 24.3 Å². The van der Waals surface area contributed by atoms with E-state index in [1.54, 1.807) is 0 Å².